The zero-order chi connectivity index (χ0) is 19.6. The van der Waals surface area contributed by atoms with Crippen LogP contribution in [-0.2, 0) is 11.8 Å². The number of hydrogen-bond donors (Lipinski definition) is 1. The number of benzene rings is 2. The van der Waals surface area contributed by atoms with Crippen LogP contribution < -0.4 is 5.32 Å². The van der Waals surface area contributed by atoms with Gasteiger partial charge in [-0.1, -0.05) is 6.07 Å². The van der Waals surface area contributed by atoms with Crippen molar-refractivity contribution in [3.63, 3.8) is 0 Å². The van der Waals surface area contributed by atoms with E-state index in [0.717, 1.165) is 23.0 Å². The average molecular weight is 367 g/mol. The third kappa shape index (κ3) is 3.64. The number of anilines is 1. The Hall–Kier alpha value is -3.68. The van der Waals surface area contributed by atoms with Crippen LogP contribution in [0.5, 0.6) is 0 Å². The summed E-state index contributed by atoms with van der Waals surface area (Å²) >= 11 is 0. The molecule has 1 aromatic heterocycles. The maximum atomic E-state index is 12.7. The molecule has 0 radical (unpaired) electrons. The number of fused-ring (bicyclic) bond motifs is 1. The molecule has 0 saturated heterocycles. The van der Waals surface area contributed by atoms with Gasteiger partial charge in [-0.25, -0.2) is 4.79 Å². The second-order valence-electron chi connectivity index (χ2n) is 5.87. The number of hydrogen-bond acceptors (Lipinski definition) is 5. The van der Waals surface area contributed by atoms with Crippen LogP contribution in [0.2, 0.25) is 0 Å². The molecule has 0 atom stereocenters. The number of amides is 1. The number of rotatable bonds is 5. The van der Waals surface area contributed by atoms with E-state index in [-0.39, 0.29) is 23.4 Å². The van der Waals surface area contributed by atoms with E-state index in [4.69, 9.17) is 4.74 Å². The van der Waals surface area contributed by atoms with Crippen LogP contribution in [0.15, 0.2) is 48.7 Å². The zero-order valence-electron chi connectivity index (χ0n) is 14.8. The predicted molar refractivity (Wildman–Crippen MR) is 99.9 cm³/mol. The number of nitro groups is 1. The van der Waals surface area contributed by atoms with E-state index in [1.165, 1.54) is 6.07 Å². The standard InChI is InChI=1S/C19H17N3O5/c1-3-27-19(24)13-9-12(10-14(11-13)22(25)26)18(23)20-16-5-4-6-17-15(16)7-8-21(17)2/h4-11H,3H2,1-2H3,(H,20,23). The minimum absolute atomic E-state index is 0.000173. The topological polar surface area (TPSA) is 103 Å². The van der Waals surface area contributed by atoms with Gasteiger partial charge in [-0.3, -0.25) is 14.9 Å². The molecule has 0 unspecified atom stereocenters. The molecule has 3 rings (SSSR count). The molecule has 0 aliphatic heterocycles. The second-order valence-corrected chi connectivity index (χ2v) is 5.87. The monoisotopic (exact) mass is 367 g/mol. The van der Waals surface area contributed by atoms with Gasteiger partial charge in [-0.15, -0.1) is 0 Å². The third-order valence-electron chi connectivity index (χ3n) is 4.08. The van der Waals surface area contributed by atoms with Gasteiger partial charge in [-0.05, 0) is 31.2 Å². The first-order valence-corrected chi connectivity index (χ1v) is 8.22. The van der Waals surface area contributed by atoms with Gasteiger partial charge in [0.05, 0.1) is 22.8 Å². The summed E-state index contributed by atoms with van der Waals surface area (Å²) in [6.07, 6.45) is 1.87. The fourth-order valence-electron chi connectivity index (χ4n) is 2.79. The van der Waals surface area contributed by atoms with Gasteiger partial charge >= 0.3 is 5.97 Å². The Morgan fingerprint density at radius 3 is 2.63 bits per heavy atom. The number of non-ortho nitro benzene ring substituents is 1. The molecule has 0 spiro atoms. The van der Waals surface area contributed by atoms with E-state index in [2.05, 4.69) is 5.32 Å². The molecule has 8 heteroatoms. The van der Waals surface area contributed by atoms with Crippen molar-refractivity contribution in [2.24, 2.45) is 7.05 Å². The highest BCUT2D eigenvalue weighted by Crippen LogP contribution is 2.25. The maximum Gasteiger partial charge on any atom is 0.338 e. The number of nitrogens with one attached hydrogen (secondary N) is 1. The molecular formula is C19H17N3O5. The van der Waals surface area contributed by atoms with Gasteiger partial charge in [0.15, 0.2) is 0 Å². The van der Waals surface area contributed by atoms with Crippen LogP contribution in [0, 0.1) is 10.1 Å². The van der Waals surface area contributed by atoms with Crippen LogP contribution in [-0.4, -0.2) is 28.0 Å². The van der Waals surface area contributed by atoms with E-state index in [1.54, 1.807) is 19.1 Å². The van der Waals surface area contributed by atoms with Gasteiger partial charge in [0.2, 0.25) is 0 Å². The first-order valence-electron chi connectivity index (χ1n) is 8.22. The summed E-state index contributed by atoms with van der Waals surface area (Å²) in [6, 6.07) is 10.8. The number of carbonyl (C=O) groups is 2. The van der Waals surface area contributed by atoms with Gasteiger partial charge in [0, 0.05) is 41.8 Å². The van der Waals surface area contributed by atoms with Crippen molar-refractivity contribution in [2.75, 3.05) is 11.9 Å². The molecule has 0 aliphatic rings. The van der Waals surface area contributed by atoms with E-state index >= 15 is 0 Å². The molecule has 2 aromatic carbocycles. The number of carbonyl (C=O) groups excluding carboxylic acids is 2. The van der Waals surface area contributed by atoms with Crippen molar-refractivity contribution in [1.82, 2.24) is 4.57 Å². The summed E-state index contributed by atoms with van der Waals surface area (Å²) in [5.74, 6) is -1.28. The highest BCUT2D eigenvalue weighted by Gasteiger charge is 2.19. The molecule has 0 bridgehead atoms. The zero-order valence-corrected chi connectivity index (χ0v) is 14.8. The SMILES string of the molecule is CCOC(=O)c1cc(C(=O)Nc2cccc3c2ccn3C)cc([N+](=O)[O-])c1. The average Bonchev–Trinajstić information content (AvgIpc) is 3.03. The van der Waals surface area contributed by atoms with Crippen molar-refractivity contribution in [3.05, 3.63) is 69.9 Å². The Bertz CT molecular complexity index is 1050. The Labute approximate surface area is 154 Å². The largest absolute Gasteiger partial charge is 0.462 e. The van der Waals surface area contributed by atoms with E-state index in [0.29, 0.717) is 5.69 Å². The number of aryl methyl sites for hydroxylation is 1. The Morgan fingerprint density at radius 2 is 1.93 bits per heavy atom. The number of esters is 1. The maximum absolute atomic E-state index is 12.7. The Balaban J connectivity index is 1.98. The predicted octanol–water partition coefficient (Wildman–Crippen LogP) is 3.52. The summed E-state index contributed by atoms with van der Waals surface area (Å²) in [6.45, 7) is 1.75. The molecule has 8 nitrogen and oxygen atoms in total. The number of nitro benzene ring substituents is 1. The smallest absolute Gasteiger partial charge is 0.338 e. The summed E-state index contributed by atoms with van der Waals surface area (Å²) < 4.78 is 6.79. The lowest BCUT2D eigenvalue weighted by Gasteiger charge is -2.09. The van der Waals surface area contributed by atoms with E-state index < -0.39 is 16.8 Å². The van der Waals surface area contributed by atoms with E-state index in [1.807, 2.05) is 29.9 Å². The third-order valence-corrected chi connectivity index (χ3v) is 4.08. The lowest BCUT2D eigenvalue weighted by molar-refractivity contribution is -0.384. The number of nitrogens with zero attached hydrogens (tertiary/aromatic N) is 2. The Kier molecular flexibility index (Phi) is 4.89. The minimum Gasteiger partial charge on any atom is -0.462 e. The first kappa shape index (κ1) is 18.1. The molecule has 27 heavy (non-hydrogen) atoms. The second kappa shape index (κ2) is 7.28. The summed E-state index contributed by atoms with van der Waals surface area (Å²) in [5.41, 5.74) is 1.10. The van der Waals surface area contributed by atoms with E-state index in [9.17, 15) is 19.7 Å². The minimum atomic E-state index is -0.722. The quantitative estimate of drug-likeness (QED) is 0.422. The lowest BCUT2D eigenvalue weighted by Crippen LogP contribution is -2.14. The van der Waals surface area contributed by atoms with Crippen molar-refractivity contribution in [1.29, 1.82) is 0 Å². The van der Waals surface area contributed by atoms with Crippen LogP contribution in [0.4, 0.5) is 11.4 Å². The fraction of sp³-hybridized carbons (Fsp3) is 0.158. The molecular weight excluding hydrogens is 350 g/mol. The van der Waals surface area contributed by atoms with Crippen LogP contribution >= 0.6 is 0 Å². The highest BCUT2D eigenvalue weighted by molar-refractivity contribution is 6.10. The molecule has 1 amide bonds. The van der Waals surface area contributed by atoms with Gasteiger partial charge < -0.3 is 14.6 Å². The molecule has 0 saturated carbocycles. The summed E-state index contributed by atoms with van der Waals surface area (Å²) in [7, 11) is 1.89. The normalized spacial score (nSPS) is 10.6. The van der Waals surface area contributed by atoms with Crippen LogP contribution in [0.3, 0.4) is 0 Å². The van der Waals surface area contributed by atoms with Crippen molar-refractivity contribution in [3.8, 4) is 0 Å². The lowest BCUT2D eigenvalue weighted by atomic mass is 10.1. The Morgan fingerprint density at radius 1 is 1.19 bits per heavy atom. The molecule has 0 fully saturated rings. The number of ether oxygens (including phenoxy) is 1. The molecule has 0 aliphatic carbocycles. The first-order chi connectivity index (χ1) is 12.9. The molecule has 1 N–H and O–H groups in total. The molecule has 3 aromatic rings. The fourth-order valence-corrected chi connectivity index (χ4v) is 2.79. The summed E-state index contributed by atoms with van der Waals surface area (Å²) in [5, 5.41) is 14.8. The van der Waals surface area contributed by atoms with Crippen molar-refractivity contribution < 1.29 is 19.2 Å². The molecule has 1 heterocycles. The van der Waals surface area contributed by atoms with Crippen molar-refractivity contribution >= 4 is 34.2 Å². The van der Waals surface area contributed by atoms with Gasteiger partial charge in [0.1, 0.15) is 0 Å². The number of aromatic nitrogens is 1. The molecule has 138 valence electrons. The van der Waals surface area contributed by atoms with Gasteiger partial charge in [0.25, 0.3) is 11.6 Å². The highest BCUT2D eigenvalue weighted by atomic mass is 16.6. The van der Waals surface area contributed by atoms with Crippen LogP contribution in [0.25, 0.3) is 10.9 Å². The van der Waals surface area contributed by atoms with Gasteiger partial charge in [-0.2, -0.15) is 0 Å². The van der Waals surface area contributed by atoms with Crippen LogP contribution in [0.1, 0.15) is 27.6 Å². The van der Waals surface area contributed by atoms with Crippen molar-refractivity contribution in [2.45, 2.75) is 6.92 Å². The summed E-state index contributed by atoms with van der Waals surface area (Å²) in [4.78, 5) is 35.1.